The molecule has 0 saturated carbocycles. The van der Waals surface area contributed by atoms with Crippen LogP contribution in [0.1, 0.15) is 33.1 Å². The van der Waals surface area contributed by atoms with Crippen LogP contribution in [0.25, 0.3) is 0 Å². The molecule has 0 aromatic heterocycles. The molecule has 2 rings (SSSR count). The van der Waals surface area contributed by atoms with E-state index >= 15 is 0 Å². The summed E-state index contributed by atoms with van der Waals surface area (Å²) >= 11 is 0. The molecular formula is C12H19N3O3. The Bertz CT molecular complexity index is 386. The second kappa shape index (κ2) is 4.68. The molecule has 1 unspecified atom stereocenters. The highest BCUT2D eigenvalue weighted by Gasteiger charge is 2.45. The maximum atomic E-state index is 12.4. The van der Waals surface area contributed by atoms with E-state index in [0.717, 1.165) is 25.8 Å². The Morgan fingerprint density at radius 3 is 2.67 bits per heavy atom. The number of carbonyl (C=O) groups is 3. The minimum absolute atomic E-state index is 0.0459. The van der Waals surface area contributed by atoms with Gasteiger partial charge in [-0.3, -0.25) is 19.7 Å². The predicted molar refractivity (Wildman–Crippen MR) is 64.6 cm³/mol. The smallest absolute Gasteiger partial charge is 0.252 e. The van der Waals surface area contributed by atoms with E-state index in [9.17, 15) is 14.4 Å². The van der Waals surface area contributed by atoms with Crippen LogP contribution in [-0.4, -0.2) is 47.3 Å². The van der Waals surface area contributed by atoms with Gasteiger partial charge in [-0.05, 0) is 33.2 Å². The number of rotatable bonds is 1. The Labute approximate surface area is 106 Å². The molecule has 0 radical (unpaired) electrons. The van der Waals surface area contributed by atoms with Gasteiger partial charge < -0.3 is 10.2 Å². The van der Waals surface area contributed by atoms with Crippen LogP contribution in [0, 0.1) is 0 Å². The Morgan fingerprint density at radius 2 is 2.06 bits per heavy atom. The van der Waals surface area contributed by atoms with E-state index in [-0.39, 0.29) is 18.5 Å². The summed E-state index contributed by atoms with van der Waals surface area (Å²) < 4.78 is 0. The fraction of sp³-hybridized carbons (Fsp3) is 0.750. The standard InChI is InChI=1S/C12H19N3O3/c1-12(2)11(18)14-9(16)7-15(12)10(17)8-5-3-4-6-13-8/h8,13H,3-7H2,1-2H3,(H,14,16,18). The third-order valence-corrected chi connectivity index (χ3v) is 3.66. The number of imide groups is 1. The predicted octanol–water partition coefficient (Wildman–Crippen LogP) is -0.608. The van der Waals surface area contributed by atoms with Gasteiger partial charge in [-0.1, -0.05) is 6.42 Å². The lowest BCUT2D eigenvalue weighted by Gasteiger charge is -2.42. The first kappa shape index (κ1) is 13.0. The minimum atomic E-state index is -0.968. The third kappa shape index (κ3) is 2.25. The van der Waals surface area contributed by atoms with Crippen molar-refractivity contribution in [3.63, 3.8) is 0 Å². The lowest BCUT2D eigenvalue weighted by atomic mass is 9.95. The van der Waals surface area contributed by atoms with E-state index in [1.807, 2.05) is 0 Å². The Balaban J connectivity index is 2.16. The Hall–Kier alpha value is -1.43. The molecule has 0 bridgehead atoms. The quantitative estimate of drug-likeness (QED) is 0.611. The number of hydrogen-bond acceptors (Lipinski definition) is 4. The summed E-state index contributed by atoms with van der Waals surface area (Å²) in [7, 11) is 0. The lowest BCUT2D eigenvalue weighted by Crippen LogP contribution is -2.68. The molecular weight excluding hydrogens is 234 g/mol. The monoisotopic (exact) mass is 253 g/mol. The molecule has 2 saturated heterocycles. The van der Waals surface area contributed by atoms with Crippen LogP contribution in [-0.2, 0) is 14.4 Å². The molecule has 2 aliphatic heterocycles. The molecule has 0 aromatic carbocycles. The molecule has 0 spiro atoms. The van der Waals surface area contributed by atoms with Gasteiger partial charge in [0, 0.05) is 0 Å². The minimum Gasteiger partial charge on any atom is -0.318 e. The number of nitrogens with zero attached hydrogens (tertiary/aromatic N) is 1. The van der Waals surface area contributed by atoms with Gasteiger partial charge in [0.25, 0.3) is 5.91 Å². The van der Waals surface area contributed by atoms with E-state index < -0.39 is 17.4 Å². The fourth-order valence-corrected chi connectivity index (χ4v) is 2.39. The second-order valence-electron chi connectivity index (χ2n) is 5.36. The van der Waals surface area contributed by atoms with Gasteiger partial charge >= 0.3 is 0 Å². The zero-order chi connectivity index (χ0) is 13.3. The van der Waals surface area contributed by atoms with E-state index in [4.69, 9.17) is 0 Å². The van der Waals surface area contributed by atoms with Crippen LogP contribution < -0.4 is 10.6 Å². The van der Waals surface area contributed by atoms with Crippen LogP contribution in [0.15, 0.2) is 0 Å². The summed E-state index contributed by atoms with van der Waals surface area (Å²) in [6.07, 6.45) is 2.83. The van der Waals surface area contributed by atoms with Crippen LogP contribution in [0.3, 0.4) is 0 Å². The highest BCUT2D eigenvalue weighted by atomic mass is 16.2. The SMILES string of the molecule is CC1(C)C(=O)NC(=O)CN1C(=O)C1CCCCN1. The van der Waals surface area contributed by atoms with Crippen molar-refractivity contribution in [1.29, 1.82) is 0 Å². The molecule has 2 aliphatic rings. The molecule has 2 heterocycles. The molecule has 0 aliphatic carbocycles. The first-order valence-electron chi connectivity index (χ1n) is 6.32. The van der Waals surface area contributed by atoms with Crippen LogP contribution >= 0.6 is 0 Å². The third-order valence-electron chi connectivity index (χ3n) is 3.66. The number of piperidine rings is 1. The van der Waals surface area contributed by atoms with Gasteiger partial charge in [-0.2, -0.15) is 0 Å². The summed E-state index contributed by atoms with van der Waals surface area (Å²) in [6.45, 7) is 4.09. The number of nitrogens with one attached hydrogen (secondary N) is 2. The van der Waals surface area contributed by atoms with E-state index in [2.05, 4.69) is 10.6 Å². The van der Waals surface area contributed by atoms with Gasteiger partial charge in [-0.25, -0.2) is 0 Å². The summed E-state index contributed by atoms with van der Waals surface area (Å²) in [5.74, 6) is -0.978. The summed E-state index contributed by atoms with van der Waals surface area (Å²) in [5, 5.41) is 5.41. The fourth-order valence-electron chi connectivity index (χ4n) is 2.39. The average molecular weight is 253 g/mol. The average Bonchev–Trinajstić information content (AvgIpc) is 2.34. The van der Waals surface area contributed by atoms with Gasteiger partial charge in [0.2, 0.25) is 11.8 Å². The van der Waals surface area contributed by atoms with Crippen molar-refractivity contribution in [3.05, 3.63) is 0 Å². The molecule has 1 atom stereocenters. The second-order valence-corrected chi connectivity index (χ2v) is 5.36. The lowest BCUT2D eigenvalue weighted by molar-refractivity contribution is -0.156. The molecule has 100 valence electrons. The Morgan fingerprint density at radius 1 is 1.33 bits per heavy atom. The summed E-state index contributed by atoms with van der Waals surface area (Å²) in [6, 6.07) is -0.267. The molecule has 2 N–H and O–H groups in total. The molecule has 3 amide bonds. The van der Waals surface area contributed by atoms with E-state index in [1.54, 1.807) is 13.8 Å². The van der Waals surface area contributed by atoms with Crippen LogP contribution in [0.5, 0.6) is 0 Å². The summed E-state index contributed by atoms with van der Waals surface area (Å²) in [5.41, 5.74) is -0.968. The van der Waals surface area contributed by atoms with Gasteiger partial charge in [0.1, 0.15) is 12.1 Å². The van der Waals surface area contributed by atoms with Crippen LogP contribution in [0.2, 0.25) is 0 Å². The number of hydrogen-bond donors (Lipinski definition) is 2. The van der Waals surface area contributed by atoms with E-state index in [0.29, 0.717) is 0 Å². The molecule has 2 fully saturated rings. The van der Waals surface area contributed by atoms with E-state index in [1.165, 1.54) is 4.90 Å². The first-order valence-corrected chi connectivity index (χ1v) is 6.32. The maximum absolute atomic E-state index is 12.4. The van der Waals surface area contributed by atoms with Crippen molar-refractivity contribution in [2.24, 2.45) is 0 Å². The molecule has 18 heavy (non-hydrogen) atoms. The van der Waals surface area contributed by atoms with Crippen molar-refractivity contribution in [2.45, 2.75) is 44.7 Å². The zero-order valence-corrected chi connectivity index (χ0v) is 10.8. The van der Waals surface area contributed by atoms with Gasteiger partial charge in [0.15, 0.2) is 0 Å². The van der Waals surface area contributed by atoms with Crippen LogP contribution in [0.4, 0.5) is 0 Å². The molecule has 6 heteroatoms. The van der Waals surface area contributed by atoms with Crippen molar-refractivity contribution in [1.82, 2.24) is 15.5 Å². The molecule has 6 nitrogen and oxygen atoms in total. The largest absolute Gasteiger partial charge is 0.318 e. The Kier molecular flexibility index (Phi) is 3.38. The summed E-state index contributed by atoms with van der Waals surface area (Å²) in [4.78, 5) is 37.0. The highest BCUT2D eigenvalue weighted by molar-refractivity contribution is 6.06. The number of piperazine rings is 1. The van der Waals surface area contributed by atoms with Crippen molar-refractivity contribution in [2.75, 3.05) is 13.1 Å². The number of amides is 3. The number of carbonyl (C=O) groups excluding carboxylic acids is 3. The zero-order valence-electron chi connectivity index (χ0n) is 10.8. The first-order chi connectivity index (χ1) is 8.43. The highest BCUT2D eigenvalue weighted by Crippen LogP contribution is 2.21. The molecule has 0 aromatic rings. The van der Waals surface area contributed by atoms with Crippen molar-refractivity contribution in [3.8, 4) is 0 Å². The van der Waals surface area contributed by atoms with Crippen molar-refractivity contribution < 1.29 is 14.4 Å². The van der Waals surface area contributed by atoms with Crippen molar-refractivity contribution >= 4 is 17.7 Å². The normalized spacial score (nSPS) is 27.9. The van der Waals surface area contributed by atoms with Gasteiger partial charge in [0.05, 0.1) is 6.04 Å². The van der Waals surface area contributed by atoms with Gasteiger partial charge in [-0.15, -0.1) is 0 Å². The topological polar surface area (TPSA) is 78.5 Å². The maximum Gasteiger partial charge on any atom is 0.252 e.